The molecule has 0 saturated heterocycles. The van der Waals surface area contributed by atoms with Crippen LogP contribution in [-0.4, -0.2) is 12.9 Å². The smallest absolute Gasteiger partial charge is 0.133 e. The average molecular weight is 265 g/mol. The van der Waals surface area contributed by atoms with Crippen molar-refractivity contribution in [2.75, 3.05) is 12.4 Å². The second-order valence-corrected chi connectivity index (χ2v) is 4.34. The predicted molar refractivity (Wildman–Crippen MR) is 79.3 cm³/mol. The number of anilines is 1. The Bertz CT molecular complexity index is 686. The molecule has 0 radical (unpaired) electrons. The highest BCUT2D eigenvalue weighted by molar-refractivity contribution is 6.08. The van der Waals surface area contributed by atoms with Crippen molar-refractivity contribution in [1.29, 1.82) is 10.7 Å². The van der Waals surface area contributed by atoms with Crippen molar-refractivity contribution in [3.63, 3.8) is 0 Å². The van der Waals surface area contributed by atoms with E-state index in [0.717, 1.165) is 5.56 Å². The summed E-state index contributed by atoms with van der Waals surface area (Å²) in [6.07, 6.45) is 0. The summed E-state index contributed by atoms with van der Waals surface area (Å²) in [4.78, 5) is 0. The number of benzene rings is 2. The minimum Gasteiger partial charge on any atom is -0.496 e. The fourth-order valence-electron chi connectivity index (χ4n) is 1.88. The number of rotatable bonds is 3. The quantitative estimate of drug-likeness (QED) is 0.660. The van der Waals surface area contributed by atoms with E-state index < -0.39 is 0 Å². The van der Waals surface area contributed by atoms with Crippen molar-refractivity contribution < 1.29 is 4.74 Å². The second kappa shape index (κ2) is 5.89. The van der Waals surface area contributed by atoms with E-state index in [1.165, 1.54) is 0 Å². The van der Waals surface area contributed by atoms with Crippen molar-refractivity contribution in [2.24, 2.45) is 0 Å². The summed E-state index contributed by atoms with van der Waals surface area (Å²) in [6, 6.07) is 14.9. The molecule has 0 amide bonds. The van der Waals surface area contributed by atoms with Gasteiger partial charge in [0.15, 0.2) is 0 Å². The lowest BCUT2D eigenvalue weighted by atomic mass is 10.1. The Morgan fingerprint density at radius 2 is 2.00 bits per heavy atom. The van der Waals surface area contributed by atoms with Crippen LogP contribution >= 0.6 is 0 Å². The Morgan fingerprint density at radius 1 is 1.25 bits per heavy atom. The summed E-state index contributed by atoms with van der Waals surface area (Å²) in [7, 11) is 1.58. The molecule has 2 aromatic rings. The van der Waals surface area contributed by atoms with Gasteiger partial charge in [-0.25, -0.2) is 0 Å². The molecule has 0 aliphatic rings. The van der Waals surface area contributed by atoms with E-state index in [9.17, 15) is 0 Å². The number of hydrogen-bond acceptors (Lipinski definition) is 3. The van der Waals surface area contributed by atoms with Crippen LogP contribution in [0.5, 0.6) is 5.75 Å². The van der Waals surface area contributed by atoms with Crippen LogP contribution in [0.25, 0.3) is 0 Å². The molecule has 0 fully saturated rings. The highest BCUT2D eigenvalue weighted by Crippen LogP contribution is 2.20. The zero-order valence-corrected chi connectivity index (χ0v) is 11.4. The standard InChI is InChI=1S/C16H15N3O/c1-11-7-8-13(9-12(11)10-17)19-16(18)14-5-3-4-6-15(14)20-2/h3-9H,1-2H3,(H2,18,19). The van der Waals surface area contributed by atoms with Crippen LogP contribution in [0.15, 0.2) is 42.5 Å². The summed E-state index contributed by atoms with van der Waals surface area (Å²) in [5.74, 6) is 0.868. The number of amidine groups is 1. The summed E-state index contributed by atoms with van der Waals surface area (Å²) < 4.78 is 5.24. The Balaban J connectivity index is 2.26. The van der Waals surface area contributed by atoms with Gasteiger partial charge in [-0.3, -0.25) is 5.41 Å². The highest BCUT2D eigenvalue weighted by atomic mass is 16.5. The first-order chi connectivity index (χ1) is 9.65. The molecule has 0 spiro atoms. The van der Waals surface area contributed by atoms with Crippen molar-refractivity contribution >= 4 is 11.5 Å². The van der Waals surface area contributed by atoms with Gasteiger partial charge in [0, 0.05) is 5.69 Å². The van der Waals surface area contributed by atoms with E-state index in [0.29, 0.717) is 22.6 Å². The van der Waals surface area contributed by atoms with Crippen LogP contribution in [0.4, 0.5) is 5.69 Å². The molecule has 0 unspecified atom stereocenters. The van der Waals surface area contributed by atoms with E-state index in [2.05, 4.69) is 11.4 Å². The van der Waals surface area contributed by atoms with Crippen LogP contribution in [0.3, 0.4) is 0 Å². The zero-order chi connectivity index (χ0) is 14.5. The Labute approximate surface area is 118 Å². The van der Waals surface area contributed by atoms with E-state index in [-0.39, 0.29) is 5.84 Å². The molecular weight excluding hydrogens is 250 g/mol. The molecular formula is C16H15N3O. The molecule has 0 aliphatic carbocycles. The second-order valence-electron chi connectivity index (χ2n) is 4.34. The van der Waals surface area contributed by atoms with Crippen molar-refractivity contribution in [1.82, 2.24) is 0 Å². The monoisotopic (exact) mass is 265 g/mol. The van der Waals surface area contributed by atoms with Crippen LogP contribution < -0.4 is 10.1 Å². The third-order valence-electron chi connectivity index (χ3n) is 3.00. The molecule has 0 saturated carbocycles. The van der Waals surface area contributed by atoms with Gasteiger partial charge in [0.1, 0.15) is 11.6 Å². The Morgan fingerprint density at radius 3 is 2.70 bits per heavy atom. The number of ether oxygens (including phenoxy) is 1. The molecule has 4 heteroatoms. The van der Waals surface area contributed by atoms with Crippen molar-refractivity contribution in [3.8, 4) is 11.8 Å². The zero-order valence-electron chi connectivity index (χ0n) is 11.4. The first-order valence-corrected chi connectivity index (χ1v) is 6.15. The van der Waals surface area contributed by atoms with E-state index in [4.69, 9.17) is 15.4 Å². The van der Waals surface area contributed by atoms with E-state index >= 15 is 0 Å². The molecule has 4 nitrogen and oxygen atoms in total. The minimum atomic E-state index is 0.232. The number of nitrogens with one attached hydrogen (secondary N) is 2. The molecule has 0 aliphatic heterocycles. The summed E-state index contributed by atoms with van der Waals surface area (Å²) in [5, 5.41) is 20.1. The van der Waals surface area contributed by atoms with Crippen LogP contribution in [-0.2, 0) is 0 Å². The normalized spacial score (nSPS) is 9.65. The van der Waals surface area contributed by atoms with Crippen LogP contribution in [0, 0.1) is 23.7 Å². The third-order valence-corrected chi connectivity index (χ3v) is 3.00. The number of methoxy groups -OCH3 is 1. The maximum Gasteiger partial charge on any atom is 0.133 e. The molecule has 2 rings (SSSR count). The number of nitriles is 1. The molecule has 2 aromatic carbocycles. The summed E-state index contributed by atoms with van der Waals surface area (Å²) in [6.45, 7) is 1.88. The van der Waals surface area contributed by atoms with E-state index in [1.807, 2.05) is 37.3 Å². The number of aryl methyl sites for hydroxylation is 1. The predicted octanol–water partition coefficient (Wildman–Crippen LogP) is 3.31. The van der Waals surface area contributed by atoms with Crippen LogP contribution in [0.2, 0.25) is 0 Å². The molecule has 0 bridgehead atoms. The van der Waals surface area contributed by atoms with Gasteiger partial charge in [0.2, 0.25) is 0 Å². The SMILES string of the molecule is COc1ccccc1C(=N)Nc1ccc(C)c(C#N)c1. The number of nitrogens with zero attached hydrogens (tertiary/aromatic N) is 1. The fraction of sp³-hybridized carbons (Fsp3) is 0.125. The van der Waals surface area contributed by atoms with Crippen molar-refractivity contribution in [2.45, 2.75) is 6.92 Å². The van der Waals surface area contributed by atoms with Gasteiger partial charge >= 0.3 is 0 Å². The average Bonchev–Trinajstić information content (AvgIpc) is 2.49. The lowest BCUT2D eigenvalue weighted by Crippen LogP contribution is -2.13. The first kappa shape index (κ1) is 13.6. The van der Waals surface area contributed by atoms with Gasteiger partial charge in [-0.05, 0) is 36.8 Å². The molecule has 100 valence electrons. The Kier molecular flexibility index (Phi) is 4.02. The van der Waals surface area contributed by atoms with Crippen LogP contribution in [0.1, 0.15) is 16.7 Å². The molecule has 2 N–H and O–H groups in total. The topological polar surface area (TPSA) is 68.9 Å². The highest BCUT2D eigenvalue weighted by Gasteiger charge is 2.08. The van der Waals surface area contributed by atoms with Crippen molar-refractivity contribution in [3.05, 3.63) is 59.2 Å². The van der Waals surface area contributed by atoms with Gasteiger partial charge in [-0.1, -0.05) is 18.2 Å². The van der Waals surface area contributed by atoms with Gasteiger partial charge in [-0.2, -0.15) is 5.26 Å². The maximum absolute atomic E-state index is 9.02. The molecule has 0 aromatic heterocycles. The molecule has 20 heavy (non-hydrogen) atoms. The summed E-state index contributed by atoms with van der Waals surface area (Å²) in [5.41, 5.74) is 2.90. The largest absolute Gasteiger partial charge is 0.496 e. The van der Waals surface area contributed by atoms with E-state index in [1.54, 1.807) is 19.2 Å². The van der Waals surface area contributed by atoms with Gasteiger partial charge in [0.25, 0.3) is 0 Å². The maximum atomic E-state index is 9.02. The van der Waals surface area contributed by atoms with Gasteiger partial charge in [-0.15, -0.1) is 0 Å². The summed E-state index contributed by atoms with van der Waals surface area (Å²) >= 11 is 0. The molecule has 0 heterocycles. The molecule has 0 atom stereocenters. The fourth-order valence-corrected chi connectivity index (χ4v) is 1.88. The van der Waals surface area contributed by atoms with Gasteiger partial charge in [0.05, 0.1) is 24.3 Å². The lowest BCUT2D eigenvalue weighted by molar-refractivity contribution is 0.414. The third kappa shape index (κ3) is 2.78. The minimum absolute atomic E-state index is 0.232. The first-order valence-electron chi connectivity index (χ1n) is 6.15. The number of para-hydroxylation sites is 1. The Hall–Kier alpha value is -2.80. The van der Waals surface area contributed by atoms with Gasteiger partial charge < -0.3 is 10.1 Å². The number of hydrogen-bond donors (Lipinski definition) is 2. The lowest BCUT2D eigenvalue weighted by Gasteiger charge is -2.12.